The average molecular weight is 511 g/mol. The number of rotatable bonds is 7. The lowest BCUT2D eigenvalue weighted by Gasteiger charge is -2.30. The van der Waals surface area contributed by atoms with Crippen LogP contribution in [0.4, 0.5) is 20.3 Å². The summed E-state index contributed by atoms with van der Waals surface area (Å²) in [5.41, 5.74) is 3.16. The molecule has 1 unspecified atom stereocenters. The normalized spacial score (nSPS) is 18.0. The van der Waals surface area contributed by atoms with Crippen molar-refractivity contribution < 1.29 is 18.3 Å². The standard InChI is InChI=1S/C27H32F2N6O2/c1-30-5-7-33(2)27(36)18-12-22(24-4-3-6-35(24)21-15-19(28)14-20(29)16-21)26-23(13-18)31-17-25(32-26)34-8-10-37-11-9-34/h12-17,24,30H,3-11H2,1-2H3. The van der Waals surface area contributed by atoms with Crippen molar-refractivity contribution in [2.75, 3.05) is 69.8 Å². The Morgan fingerprint density at radius 3 is 2.62 bits per heavy atom. The second-order valence-electron chi connectivity index (χ2n) is 9.57. The molecule has 2 saturated heterocycles. The number of hydrogen-bond acceptors (Lipinski definition) is 7. The largest absolute Gasteiger partial charge is 0.378 e. The third kappa shape index (κ3) is 5.35. The number of amides is 1. The molecule has 2 fully saturated rings. The lowest BCUT2D eigenvalue weighted by Crippen LogP contribution is -2.36. The highest BCUT2D eigenvalue weighted by Crippen LogP contribution is 2.40. The van der Waals surface area contributed by atoms with E-state index in [9.17, 15) is 13.6 Å². The maximum Gasteiger partial charge on any atom is 0.253 e. The molecule has 196 valence electrons. The van der Waals surface area contributed by atoms with E-state index in [2.05, 4.69) is 10.2 Å². The number of anilines is 2. The first-order valence-corrected chi connectivity index (χ1v) is 12.7. The van der Waals surface area contributed by atoms with Crippen molar-refractivity contribution >= 4 is 28.4 Å². The first-order chi connectivity index (χ1) is 17.9. The average Bonchev–Trinajstić information content (AvgIpc) is 3.40. The SMILES string of the molecule is CNCCN(C)C(=O)c1cc(C2CCCN2c2cc(F)cc(F)c2)c2nc(N3CCOCC3)cnc2c1. The summed E-state index contributed by atoms with van der Waals surface area (Å²) in [6.07, 6.45) is 3.36. The fourth-order valence-corrected chi connectivity index (χ4v) is 5.16. The second-order valence-corrected chi connectivity index (χ2v) is 9.57. The highest BCUT2D eigenvalue weighted by molar-refractivity contribution is 5.98. The fraction of sp³-hybridized carbons (Fsp3) is 0.444. The van der Waals surface area contributed by atoms with Crippen LogP contribution in [0.1, 0.15) is 34.8 Å². The lowest BCUT2D eigenvalue weighted by atomic mass is 9.98. The zero-order chi connectivity index (χ0) is 25.9. The summed E-state index contributed by atoms with van der Waals surface area (Å²) in [7, 11) is 3.62. The molecule has 1 amide bonds. The lowest BCUT2D eigenvalue weighted by molar-refractivity contribution is 0.0797. The fourth-order valence-electron chi connectivity index (χ4n) is 5.16. The zero-order valence-corrected chi connectivity index (χ0v) is 21.2. The second kappa shape index (κ2) is 10.9. The molecule has 2 aromatic carbocycles. The predicted octanol–water partition coefficient (Wildman–Crippen LogP) is 3.38. The van der Waals surface area contributed by atoms with E-state index in [1.54, 1.807) is 24.2 Å². The quantitative estimate of drug-likeness (QED) is 0.523. The van der Waals surface area contributed by atoms with Gasteiger partial charge in [0.05, 0.1) is 36.5 Å². The molecule has 1 N–H and O–H groups in total. The van der Waals surface area contributed by atoms with Gasteiger partial charge in [-0.25, -0.2) is 13.8 Å². The van der Waals surface area contributed by atoms with Crippen LogP contribution in [-0.4, -0.2) is 80.8 Å². The van der Waals surface area contributed by atoms with E-state index in [1.807, 2.05) is 18.0 Å². The molecule has 0 aliphatic carbocycles. The number of nitrogens with one attached hydrogen (secondary N) is 1. The van der Waals surface area contributed by atoms with E-state index in [-0.39, 0.29) is 11.9 Å². The molecule has 3 heterocycles. The molecule has 2 aliphatic rings. The number of carbonyl (C=O) groups is 1. The van der Waals surface area contributed by atoms with E-state index in [0.29, 0.717) is 55.1 Å². The van der Waals surface area contributed by atoms with E-state index >= 15 is 0 Å². The number of nitrogens with zero attached hydrogens (tertiary/aromatic N) is 5. The van der Waals surface area contributed by atoms with Crippen molar-refractivity contribution in [2.45, 2.75) is 18.9 Å². The van der Waals surface area contributed by atoms with E-state index in [4.69, 9.17) is 14.7 Å². The maximum atomic E-state index is 14.1. The molecule has 1 atom stereocenters. The van der Waals surface area contributed by atoms with Crippen molar-refractivity contribution in [2.24, 2.45) is 0 Å². The molecule has 0 saturated carbocycles. The van der Waals surface area contributed by atoms with Crippen LogP contribution in [0.3, 0.4) is 0 Å². The minimum absolute atomic E-state index is 0.112. The predicted molar refractivity (Wildman–Crippen MR) is 139 cm³/mol. The van der Waals surface area contributed by atoms with E-state index < -0.39 is 11.6 Å². The Bertz CT molecular complexity index is 1260. The third-order valence-electron chi connectivity index (χ3n) is 7.08. The van der Waals surface area contributed by atoms with Crippen LogP contribution in [0.2, 0.25) is 0 Å². The number of morpholine rings is 1. The highest BCUT2D eigenvalue weighted by Gasteiger charge is 2.31. The number of fused-ring (bicyclic) bond motifs is 1. The summed E-state index contributed by atoms with van der Waals surface area (Å²) in [5.74, 6) is -0.590. The van der Waals surface area contributed by atoms with Gasteiger partial charge in [-0.2, -0.15) is 0 Å². The Balaban J connectivity index is 1.61. The molecule has 0 radical (unpaired) electrons. The minimum Gasteiger partial charge on any atom is -0.378 e. The Hall–Kier alpha value is -3.37. The minimum atomic E-state index is -0.616. The number of carbonyl (C=O) groups excluding carboxylic acids is 1. The first-order valence-electron chi connectivity index (χ1n) is 12.7. The molecule has 3 aromatic rings. The molecule has 1 aromatic heterocycles. The number of halogens is 2. The summed E-state index contributed by atoms with van der Waals surface area (Å²) in [6.45, 7) is 4.57. The molecule has 0 spiro atoms. The topological polar surface area (TPSA) is 73.8 Å². The van der Waals surface area contributed by atoms with Crippen LogP contribution in [0.5, 0.6) is 0 Å². The Labute approximate surface area is 215 Å². The number of likely N-dealkylation sites (N-methyl/N-ethyl adjacent to an activating group) is 2. The number of ether oxygens (including phenoxy) is 1. The van der Waals surface area contributed by atoms with Crippen LogP contribution in [-0.2, 0) is 4.74 Å². The van der Waals surface area contributed by atoms with Crippen molar-refractivity contribution in [1.29, 1.82) is 0 Å². The highest BCUT2D eigenvalue weighted by atomic mass is 19.1. The molecule has 5 rings (SSSR count). The molecule has 2 aliphatic heterocycles. The maximum absolute atomic E-state index is 14.1. The summed E-state index contributed by atoms with van der Waals surface area (Å²) in [6, 6.07) is 7.06. The Kier molecular flexibility index (Phi) is 7.48. The number of benzene rings is 2. The van der Waals surface area contributed by atoms with Gasteiger partial charge in [-0.3, -0.25) is 9.78 Å². The van der Waals surface area contributed by atoms with Crippen LogP contribution >= 0.6 is 0 Å². The third-order valence-corrected chi connectivity index (χ3v) is 7.08. The van der Waals surface area contributed by atoms with Gasteiger partial charge in [0.15, 0.2) is 0 Å². The van der Waals surface area contributed by atoms with Crippen LogP contribution in [0.25, 0.3) is 11.0 Å². The van der Waals surface area contributed by atoms with Gasteiger partial charge in [-0.15, -0.1) is 0 Å². The van der Waals surface area contributed by atoms with Gasteiger partial charge in [0.25, 0.3) is 5.91 Å². The molecular formula is C27H32F2N6O2. The molecule has 8 nitrogen and oxygen atoms in total. The van der Waals surface area contributed by atoms with Crippen molar-refractivity contribution in [1.82, 2.24) is 20.2 Å². The monoisotopic (exact) mass is 510 g/mol. The van der Waals surface area contributed by atoms with Gasteiger partial charge >= 0.3 is 0 Å². The smallest absolute Gasteiger partial charge is 0.253 e. The molecule has 37 heavy (non-hydrogen) atoms. The molecular weight excluding hydrogens is 478 g/mol. The Morgan fingerprint density at radius 2 is 1.89 bits per heavy atom. The van der Waals surface area contributed by atoms with Crippen LogP contribution in [0.15, 0.2) is 36.5 Å². The Morgan fingerprint density at radius 1 is 1.14 bits per heavy atom. The summed E-state index contributed by atoms with van der Waals surface area (Å²) < 4.78 is 33.7. The van der Waals surface area contributed by atoms with E-state index in [0.717, 1.165) is 43.4 Å². The van der Waals surface area contributed by atoms with E-state index in [1.165, 1.54) is 12.1 Å². The van der Waals surface area contributed by atoms with Gasteiger partial charge in [-0.1, -0.05) is 0 Å². The summed E-state index contributed by atoms with van der Waals surface area (Å²) in [5, 5.41) is 3.06. The molecule has 0 bridgehead atoms. The van der Waals surface area contributed by atoms with Gasteiger partial charge in [0.1, 0.15) is 17.5 Å². The van der Waals surface area contributed by atoms with Crippen LogP contribution in [0, 0.1) is 11.6 Å². The van der Waals surface area contributed by atoms with Crippen molar-refractivity contribution in [3.63, 3.8) is 0 Å². The van der Waals surface area contributed by atoms with Gasteiger partial charge < -0.3 is 24.8 Å². The van der Waals surface area contributed by atoms with Gasteiger partial charge in [0, 0.05) is 62.7 Å². The summed E-state index contributed by atoms with van der Waals surface area (Å²) in [4.78, 5) is 28.9. The van der Waals surface area contributed by atoms with Gasteiger partial charge in [0.2, 0.25) is 0 Å². The number of hydrogen-bond donors (Lipinski definition) is 1. The van der Waals surface area contributed by atoms with Gasteiger partial charge in [-0.05, 0) is 44.2 Å². The summed E-state index contributed by atoms with van der Waals surface area (Å²) >= 11 is 0. The van der Waals surface area contributed by atoms with Crippen molar-refractivity contribution in [3.05, 3.63) is 59.3 Å². The first kappa shape index (κ1) is 25.3. The van der Waals surface area contributed by atoms with Crippen LogP contribution < -0.4 is 15.1 Å². The van der Waals surface area contributed by atoms with Crippen molar-refractivity contribution in [3.8, 4) is 0 Å². The zero-order valence-electron chi connectivity index (χ0n) is 21.2. The number of aromatic nitrogens is 2. The molecule has 10 heteroatoms.